The molecular weight excluding hydrogens is 222 g/mol. The molecule has 0 aliphatic rings. The van der Waals surface area contributed by atoms with Gasteiger partial charge in [0.1, 0.15) is 0 Å². The molecule has 0 aromatic carbocycles. The van der Waals surface area contributed by atoms with Gasteiger partial charge in [-0.25, -0.2) is 0 Å². The molecule has 0 aliphatic carbocycles. The molecular formula is C8H17NO3S2. The molecule has 6 heteroatoms. The van der Waals surface area contributed by atoms with E-state index in [1.54, 1.807) is 21.6 Å². The minimum atomic E-state index is -0.862. The van der Waals surface area contributed by atoms with Crippen molar-refractivity contribution in [3.63, 3.8) is 0 Å². The van der Waals surface area contributed by atoms with E-state index in [0.717, 1.165) is 5.75 Å². The molecule has 1 amide bonds. The topological polar surface area (TPSA) is 69.6 Å². The highest BCUT2D eigenvalue weighted by Gasteiger charge is 2.13. The van der Waals surface area contributed by atoms with Gasteiger partial charge in [-0.1, -0.05) is 28.5 Å². The predicted octanol–water partition coefficient (Wildman–Crippen LogP) is 0.103. The second-order valence-corrected chi connectivity index (χ2v) is 5.54. The largest absolute Gasteiger partial charge is 0.394 e. The number of nitrogens with one attached hydrogen (secondary N) is 1. The smallest absolute Gasteiger partial charge is 0.223 e. The Labute approximate surface area is 92.2 Å². The van der Waals surface area contributed by atoms with E-state index in [1.807, 2.05) is 13.2 Å². The number of rotatable bonds is 7. The zero-order chi connectivity index (χ0) is 11.0. The molecule has 0 bridgehead atoms. The molecule has 84 valence electrons. The Morgan fingerprint density at radius 2 is 2.21 bits per heavy atom. The first-order valence-corrected chi connectivity index (χ1v) is 7.06. The van der Waals surface area contributed by atoms with Crippen LogP contribution in [0.1, 0.15) is 6.92 Å². The van der Waals surface area contributed by atoms with Crippen molar-refractivity contribution in [1.82, 2.24) is 5.32 Å². The molecule has 0 saturated carbocycles. The average molecular weight is 239 g/mol. The molecule has 0 rings (SSSR count). The number of aliphatic hydroxyl groups is 2. The summed E-state index contributed by atoms with van der Waals surface area (Å²) in [5.74, 6) is 0.597. The Balaban J connectivity index is 3.61. The summed E-state index contributed by atoms with van der Waals surface area (Å²) < 4.78 is 0. The van der Waals surface area contributed by atoms with Crippen LogP contribution in [0, 0.1) is 5.92 Å². The van der Waals surface area contributed by atoms with E-state index in [4.69, 9.17) is 10.2 Å². The highest BCUT2D eigenvalue weighted by molar-refractivity contribution is 8.76. The molecule has 4 nitrogen and oxygen atoms in total. The van der Waals surface area contributed by atoms with E-state index in [0.29, 0.717) is 0 Å². The van der Waals surface area contributed by atoms with Crippen molar-refractivity contribution in [2.75, 3.05) is 25.2 Å². The van der Waals surface area contributed by atoms with Crippen LogP contribution in [-0.4, -0.2) is 47.4 Å². The Hall–Kier alpha value is 0.0900. The van der Waals surface area contributed by atoms with Gasteiger partial charge >= 0.3 is 0 Å². The third kappa shape index (κ3) is 6.53. The van der Waals surface area contributed by atoms with Gasteiger partial charge in [-0.3, -0.25) is 4.79 Å². The summed E-state index contributed by atoms with van der Waals surface area (Å²) in [5.41, 5.74) is 0. The van der Waals surface area contributed by atoms with Crippen molar-refractivity contribution >= 4 is 27.5 Å². The number of hydrogen-bond acceptors (Lipinski definition) is 5. The van der Waals surface area contributed by atoms with Gasteiger partial charge in [0.15, 0.2) is 0 Å². The quantitative estimate of drug-likeness (QED) is 0.550. The third-order valence-corrected chi connectivity index (χ3v) is 3.59. The zero-order valence-electron chi connectivity index (χ0n) is 8.40. The van der Waals surface area contributed by atoms with Crippen LogP contribution in [0.2, 0.25) is 0 Å². The van der Waals surface area contributed by atoms with E-state index in [-0.39, 0.29) is 25.0 Å². The van der Waals surface area contributed by atoms with Gasteiger partial charge in [0.05, 0.1) is 12.7 Å². The van der Waals surface area contributed by atoms with Crippen LogP contribution in [-0.2, 0) is 4.79 Å². The molecule has 3 N–H and O–H groups in total. The number of hydrogen-bond donors (Lipinski definition) is 3. The Bertz CT molecular complexity index is 169. The molecule has 0 heterocycles. The summed E-state index contributed by atoms with van der Waals surface area (Å²) in [6.45, 7) is 1.63. The lowest BCUT2D eigenvalue weighted by molar-refractivity contribution is -0.124. The summed E-state index contributed by atoms with van der Waals surface area (Å²) in [6.07, 6.45) is 1.10. The van der Waals surface area contributed by atoms with Crippen LogP contribution in [0.25, 0.3) is 0 Å². The minimum absolute atomic E-state index is 0.0710. The van der Waals surface area contributed by atoms with Gasteiger partial charge in [0, 0.05) is 18.2 Å². The van der Waals surface area contributed by atoms with Gasteiger partial charge in [-0.05, 0) is 6.26 Å². The van der Waals surface area contributed by atoms with Crippen LogP contribution in [0.5, 0.6) is 0 Å². The van der Waals surface area contributed by atoms with Crippen molar-refractivity contribution in [3.05, 3.63) is 0 Å². The van der Waals surface area contributed by atoms with E-state index in [2.05, 4.69) is 5.32 Å². The molecule has 0 aliphatic heterocycles. The van der Waals surface area contributed by atoms with Crippen molar-refractivity contribution in [3.8, 4) is 0 Å². The normalized spacial score (nSPS) is 14.9. The molecule has 0 radical (unpaired) electrons. The fourth-order valence-electron chi connectivity index (χ4n) is 0.703. The fourth-order valence-corrected chi connectivity index (χ4v) is 2.22. The van der Waals surface area contributed by atoms with E-state index < -0.39 is 6.10 Å². The summed E-state index contributed by atoms with van der Waals surface area (Å²) in [7, 11) is 3.25. The number of amides is 1. The van der Waals surface area contributed by atoms with Crippen LogP contribution in [0.4, 0.5) is 0 Å². The van der Waals surface area contributed by atoms with Crippen molar-refractivity contribution in [2.24, 2.45) is 5.92 Å². The monoisotopic (exact) mass is 239 g/mol. The van der Waals surface area contributed by atoms with Crippen LogP contribution < -0.4 is 5.32 Å². The Kier molecular flexibility index (Phi) is 8.46. The second kappa shape index (κ2) is 8.40. The van der Waals surface area contributed by atoms with Crippen LogP contribution in [0.15, 0.2) is 0 Å². The van der Waals surface area contributed by atoms with Crippen molar-refractivity contribution in [2.45, 2.75) is 13.0 Å². The van der Waals surface area contributed by atoms with E-state index >= 15 is 0 Å². The SMILES string of the molecule is CSSCC(C)C(=O)NCC(O)CO. The molecule has 14 heavy (non-hydrogen) atoms. The number of aliphatic hydroxyl groups excluding tert-OH is 2. The zero-order valence-corrected chi connectivity index (χ0v) is 10.0. The molecule has 2 unspecified atom stereocenters. The van der Waals surface area contributed by atoms with E-state index in [9.17, 15) is 4.79 Å². The summed E-state index contributed by atoms with van der Waals surface area (Å²) in [4.78, 5) is 11.3. The molecule has 0 fully saturated rings. The maximum Gasteiger partial charge on any atom is 0.223 e. The Morgan fingerprint density at radius 1 is 1.57 bits per heavy atom. The van der Waals surface area contributed by atoms with Gasteiger partial charge in [0.25, 0.3) is 0 Å². The van der Waals surface area contributed by atoms with Gasteiger partial charge in [-0.2, -0.15) is 0 Å². The van der Waals surface area contributed by atoms with Crippen LogP contribution >= 0.6 is 21.6 Å². The second-order valence-electron chi connectivity index (χ2n) is 2.93. The highest BCUT2D eigenvalue weighted by atomic mass is 33.1. The van der Waals surface area contributed by atoms with Gasteiger partial charge in [-0.15, -0.1) is 0 Å². The van der Waals surface area contributed by atoms with Crippen molar-refractivity contribution in [1.29, 1.82) is 0 Å². The molecule has 0 aromatic rings. The summed E-state index contributed by atoms with van der Waals surface area (Å²) in [5, 5.41) is 20.1. The van der Waals surface area contributed by atoms with Gasteiger partial charge in [0.2, 0.25) is 5.91 Å². The molecule has 0 aromatic heterocycles. The predicted molar refractivity (Wildman–Crippen MR) is 61.2 cm³/mol. The van der Waals surface area contributed by atoms with Crippen LogP contribution in [0.3, 0.4) is 0 Å². The molecule has 0 spiro atoms. The first kappa shape index (κ1) is 14.1. The lowest BCUT2D eigenvalue weighted by atomic mass is 10.2. The fraction of sp³-hybridized carbons (Fsp3) is 0.875. The number of carbonyl (C=O) groups is 1. The lowest BCUT2D eigenvalue weighted by Gasteiger charge is -2.13. The first-order valence-electron chi connectivity index (χ1n) is 4.34. The maximum atomic E-state index is 11.3. The van der Waals surface area contributed by atoms with Crippen molar-refractivity contribution < 1.29 is 15.0 Å². The summed E-state index contributed by atoms with van der Waals surface area (Å²) in [6, 6.07) is 0. The summed E-state index contributed by atoms with van der Waals surface area (Å²) >= 11 is 0. The highest BCUT2D eigenvalue weighted by Crippen LogP contribution is 2.20. The Morgan fingerprint density at radius 3 is 2.71 bits per heavy atom. The minimum Gasteiger partial charge on any atom is -0.394 e. The standard InChI is InChI=1S/C8H17NO3S2/c1-6(5-14-13-2)8(12)9-3-7(11)4-10/h6-7,10-11H,3-5H2,1-2H3,(H,9,12). The maximum absolute atomic E-state index is 11.3. The third-order valence-electron chi connectivity index (χ3n) is 1.61. The van der Waals surface area contributed by atoms with E-state index in [1.165, 1.54) is 0 Å². The molecule has 0 saturated heterocycles. The first-order chi connectivity index (χ1) is 6.61. The van der Waals surface area contributed by atoms with Gasteiger partial charge < -0.3 is 15.5 Å². The average Bonchev–Trinajstić information content (AvgIpc) is 2.21. The molecule has 2 atom stereocenters. The lowest BCUT2D eigenvalue weighted by Crippen LogP contribution is -2.37. The number of carbonyl (C=O) groups excluding carboxylic acids is 1.